The van der Waals surface area contributed by atoms with Crippen LogP contribution in [0.5, 0.6) is 0 Å². The first-order chi connectivity index (χ1) is 9.67. The van der Waals surface area contributed by atoms with Crippen molar-refractivity contribution in [2.24, 2.45) is 0 Å². The second kappa shape index (κ2) is 11.1. The summed E-state index contributed by atoms with van der Waals surface area (Å²) >= 11 is 0. The molecule has 7 heteroatoms. The summed E-state index contributed by atoms with van der Waals surface area (Å²) in [6.07, 6.45) is 0. The number of anilines is 1. The molecule has 2 N–H and O–H groups in total. The summed E-state index contributed by atoms with van der Waals surface area (Å²) in [6.45, 7) is 3.48. The van der Waals surface area contributed by atoms with Crippen LogP contribution in [0, 0.1) is 0 Å². The van der Waals surface area contributed by atoms with Gasteiger partial charge >= 0.3 is 5.97 Å². The fraction of sp³-hybridized carbons (Fsp3) is 0.429. The number of carbonyl (C=O) groups excluding carboxylic acids is 2. The second-order valence-electron chi connectivity index (χ2n) is 4.02. The van der Waals surface area contributed by atoms with Gasteiger partial charge in [0.25, 0.3) is 0 Å². The summed E-state index contributed by atoms with van der Waals surface area (Å²) in [7, 11) is 1.60. The molecule has 0 radical (unpaired) electrons. The van der Waals surface area contributed by atoms with Crippen LogP contribution in [0.4, 0.5) is 5.69 Å². The van der Waals surface area contributed by atoms with Crippen LogP contribution in [0.1, 0.15) is 17.3 Å². The summed E-state index contributed by atoms with van der Waals surface area (Å²) in [4.78, 5) is 23.0. The van der Waals surface area contributed by atoms with Gasteiger partial charge in [-0.1, -0.05) is 0 Å². The number of esters is 1. The number of carbonyl (C=O) groups is 2. The highest BCUT2D eigenvalue weighted by Crippen LogP contribution is 2.10. The summed E-state index contributed by atoms with van der Waals surface area (Å²) in [5.74, 6) is -0.517. The van der Waals surface area contributed by atoms with Gasteiger partial charge in [-0.3, -0.25) is 4.79 Å². The molecule has 0 fully saturated rings. The van der Waals surface area contributed by atoms with E-state index in [0.29, 0.717) is 31.0 Å². The van der Waals surface area contributed by atoms with Crippen molar-refractivity contribution in [3.63, 3.8) is 0 Å². The Balaban J connectivity index is 0.00000400. The van der Waals surface area contributed by atoms with Gasteiger partial charge in [0.1, 0.15) is 0 Å². The van der Waals surface area contributed by atoms with E-state index in [0.717, 1.165) is 0 Å². The zero-order valence-electron chi connectivity index (χ0n) is 12.2. The van der Waals surface area contributed by atoms with E-state index in [9.17, 15) is 9.59 Å². The summed E-state index contributed by atoms with van der Waals surface area (Å²) < 4.78 is 9.74. The topological polar surface area (TPSA) is 76.7 Å². The van der Waals surface area contributed by atoms with Gasteiger partial charge in [0.15, 0.2) is 0 Å². The van der Waals surface area contributed by atoms with Gasteiger partial charge in [0.2, 0.25) is 5.91 Å². The van der Waals surface area contributed by atoms with Crippen LogP contribution in [-0.2, 0) is 14.3 Å². The van der Waals surface area contributed by atoms with Crippen LogP contribution in [-0.4, -0.2) is 45.3 Å². The highest BCUT2D eigenvalue weighted by atomic mass is 35.5. The van der Waals surface area contributed by atoms with E-state index in [1.165, 1.54) is 0 Å². The molecule has 0 heterocycles. The largest absolute Gasteiger partial charge is 0.462 e. The van der Waals surface area contributed by atoms with E-state index in [1.807, 2.05) is 0 Å². The van der Waals surface area contributed by atoms with Gasteiger partial charge in [0.05, 0.1) is 25.3 Å². The number of benzene rings is 1. The molecular formula is C14H21ClN2O4. The number of methoxy groups -OCH3 is 1. The first kappa shape index (κ1) is 19.4. The molecule has 21 heavy (non-hydrogen) atoms. The monoisotopic (exact) mass is 316 g/mol. The molecule has 0 aliphatic rings. The van der Waals surface area contributed by atoms with Gasteiger partial charge in [-0.2, -0.15) is 0 Å². The van der Waals surface area contributed by atoms with Gasteiger partial charge in [-0.25, -0.2) is 4.79 Å². The lowest BCUT2D eigenvalue weighted by molar-refractivity contribution is -0.115. The van der Waals surface area contributed by atoms with Crippen LogP contribution >= 0.6 is 12.4 Å². The number of hydrogen-bond acceptors (Lipinski definition) is 5. The Morgan fingerprint density at radius 2 is 1.86 bits per heavy atom. The van der Waals surface area contributed by atoms with Crippen LogP contribution in [0.15, 0.2) is 24.3 Å². The molecule has 0 saturated carbocycles. The lowest BCUT2D eigenvalue weighted by Crippen LogP contribution is -2.30. The number of halogens is 1. The third kappa shape index (κ3) is 7.65. The van der Waals surface area contributed by atoms with Crippen molar-refractivity contribution >= 4 is 30.0 Å². The van der Waals surface area contributed by atoms with E-state index < -0.39 is 0 Å². The Morgan fingerprint density at radius 3 is 2.43 bits per heavy atom. The Bertz CT molecular complexity index is 437. The third-order valence-corrected chi connectivity index (χ3v) is 2.45. The number of rotatable bonds is 8. The summed E-state index contributed by atoms with van der Waals surface area (Å²) in [5, 5.41) is 5.66. The Kier molecular flexibility index (Phi) is 10.2. The highest BCUT2D eigenvalue weighted by molar-refractivity contribution is 5.93. The van der Waals surface area contributed by atoms with Crippen molar-refractivity contribution in [3.8, 4) is 0 Å². The Labute approximate surface area is 130 Å². The molecule has 0 aliphatic carbocycles. The quantitative estimate of drug-likeness (QED) is 0.561. The van der Waals surface area contributed by atoms with Gasteiger partial charge in [-0.05, 0) is 31.2 Å². The second-order valence-corrected chi connectivity index (χ2v) is 4.02. The molecule has 0 atom stereocenters. The van der Waals surface area contributed by atoms with E-state index in [-0.39, 0.29) is 30.8 Å². The number of amides is 1. The average Bonchev–Trinajstić information content (AvgIpc) is 2.45. The Morgan fingerprint density at radius 1 is 1.19 bits per heavy atom. The van der Waals surface area contributed by atoms with E-state index in [2.05, 4.69) is 10.6 Å². The molecule has 1 rings (SSSR count). The predicted molar refractivity (Wildman–Crippen MR) is 83.0 cm³/mol. The molecule has 0 spiro atoms. The molecule has 118 valence electrons. The maximum Gasteiger partial charge on any atom is 0.338 e. The van der Waals surface area contributed by atoms with Crippen molar-refractivity contribution in [3.05, 3.63) is 29.8 Å². The van der Waals surface area contributed by atoms with Crippen molar-refractivity contribution in [1.29, 1.82) is 0 Å². The van der Waals surface area contributed by atoms with Crippen molar-refractivity contribution < 1.29 is 19.1 Å². The third-order valence-electron chi connectivity index (χ3n) is 2.45. The van der Waals surface area contributed by atoms with Crippen LogP contribution in [0.3, 0.4) is 0 Å². The van der Waals surface area contributed by atoms with Crippen molar-refractivity contribution in [2.75, 3.05) is 38.7 Å². The van der Waals surface area contributed by atoms with Crippen LogP contribution in [0.25, 0.3) is 0 Å². The van der Waals surface area contributed by atoms with Crippen LogP contribution in [0.2, 0.25) is 0 Å². The minimum atomic E-state index is -0.369. The highest BCUT2D eigenvalue weighted by Gasteiger charge is 2.06. The molecule has 0 aliphatic heterocycles. The number of ether oxygens (including phenoxy) is 2. The summed E-state index contributed by atoms with van der Waals surface area (Å²) in [5.41, 5.74) is 1.10. The van der Waals surface area contributed by atoms with E-state index in [4.69, 9.17) is 9.47 Å². The maximum absolute atomic E-state index is 11.6. The predicted octanol–water partition coefficient (Wildman–Crippen LogP) is 1.46. The smallest absolute Gasteiger partial charge is 0.338 e. The standard InChI is InChI=1S/C14H20N2O4.ClH/c1-3-20-14(18)11-4-6-12(7-5-11)16-13(17)10-15-8-9-19-2;/h4-7,15H,3,8-10H2,1-2H3,(H,16,17);1H. The normalized spacial score (nSPS) is 9.62. The van der Waals surface area contributed by atoms with Gasteiger partial charge < -0.3 is 20.1 Å². The maximum atomic E-state index is 11.6. The molecule has 6 nitrogen and oxygen atoms in total. The van der Waals surface area contributed by atoms with Crippen molar-refractivity contribution in [2.45, 2.75) is 6.92 Å². The lowest BCUT2D eigenvalue weighted by atomic mass is 10.2. The lowest BCUT2D eigenvalue weighted by Gasteiger charge is -2.07. The number of nitrogens with one attached hydrogen (secondary N) is 2. The fourth-order valence-corrected chi connectivity index (χ4v) is 1.49. The minimum Gasteiger partial charge on any atom is -0.462 e. The van der Waals surface area contributed by atoms with Crippen LogP contribution < -0.4 is 10.6 Å². The molecule has 0 bridgehead atoms. The molecule has 1 aromatic rings. The minimum absolute atomic E-state index is 0. The first-order valence-corrected chi connectivity index (χ1v) is 6.44. The summed E-state index contributed by atoms with van der Waals surface area (Å²) in [6, 6.07) is 6.57. The first-order valence-electron chi connectivity index (χ1n) is 6.44. The molecule has 1 aromatic carbocycles. The zero-order chi connectivity index (χ0) is 14.8. The molecule has 0 unspecified atom stereocenters. The average molecular weight is 317 g/mol. The van der Waals surface area contributed by atoms with Gasteiger partial charge in [0, 0.05) is 19.3 Å². The molecule has 0 saturated heterocycles. The van der Waals surface area contributed by atoms with Crippen molar-refractivity contribution in [1.82, 2.24) is 5.32 Å². The van der Waals surface area contributed by atoms with Gasteiger partial charge in [-0.15, -0.1) is 12.4 Å². The zero-order valence-corrected chi connectivity index (χ0v) is 13.0. The molecule has 1 amide bonds. The SMILES string of the molecule is CCOC(=O)c1ccc(NC(=O)CNCCOC)cc1.Cl. The fourth-order valence-electron chi connectivity index (χ4n) is 1.49. The molecule has 0 aromatic heterocycles. The molecular weight excluding hydrogens is 296 g/mol. The Hall–Kier alpha value is -1.63. The number of hydrogen-bond donors (Lipinski definition) is 2. The van der Waals surface area contributed by atoms with E-state index in [1.54, 1.807) is 38.3 Å². The van der Waals surface area contributed by atoms with E-state index >= 15 is 0 Å².